The summed E-state index contributed by atoms with van der Waals surface area (Å²) in [5.74, 6) is 0.628. The van der Waals surface area contributed by atoms with Crippen molar-refractivity contribution in [2.75, 3.05) is 14.2 Å². The Bertz CT molecular complexity index is 496. The number of carbonyl (C=O) groups is 1. The molecule has 0 spiro atoms. The van der Waals surface area contributed by atoms with E-state index in [1.165, 1.54) is 24.2 Å². The van der Waals surface area contributed by atoms with Crippen molar-refractivity contribution in [2.24, 2.45) is 0 Å². The predicted octanol–water partition coefficient (Wildman–Crippen LogP) is 2.97. The van der Waals surface area contributed by atoms with Gasteiger partial charge in [-0.3, -0.25) is 9.69 Å². The van der Waals surface area contributed by atoms with Crippen molar-refractivity contribution in [3.05, 3.63) is 29.8 Å². The number of carbonyl (C=O) groups excluding carboxylic acids is 1. The summed E-state index contributed by atoms with van der Waals surface area (Å²) < 4.78 is 5.09. The monoisotopic (exact) mass is 306 g/mol. The molecule has 1 N–H and O–H groups in total. The van der Waals surface area contributed by atoms with Crippen molar-refractivity contribution in [1.29, 1.82) is 0 Å². The average Bonchev–Trinajstić information content (AvgIpc) is 2.54. The number of amides is 1. The minimum absolute atomic E-state index is 0.106. The lowest BCUT2D eigenvalue weighted by Gasteiger charge is -2.27. The average molecular weight is 306 g/mol. The highest BCUT2D eigenvalue weighted by atomic mass is 32.1. The number of rotatable bonds is 3. The maximum atomic E-state index is 12.4. The molecule has 114 valence electrons. The van der Waals surface area contributed by atoms with E-state index in [9.17, 15) is 4.79 Å². The van der Waals surface area contributed by atoms with E-state index in [2.05, 4.69) is 5.32 Å². The Morgan fingerprint density at radius 3 is 2.43 bits per heavy atom. The van der Waals surface area contributed by atoms with E-state index in [4.69, 9.17) is 17.0 Å². The van der Waals surface area contributed by atoms with E-state index >= 15 is 0 Å². The zero-order chi connectivity index (χ0) is 15.2. The Labute approximate surface area is 131 Å². The molecule has 0 atom stereocenters. The van der Waals surface area contributed by atoms with Gasteiger partial charge in [0, 0.05) is 18.7 Å². The Kier molecular flexibility index (Phi) is 5.56. The minimum atomic E-state index is -0.106. The maximum Gasteiger partial charge on any atom is 0.259 e. The fourth-order valence-electron chi connectivity index (χ4n) is 2.54. The van der Waals surface area contributed by atoms with E-state index in [0.29, 0.717) is 16.7 Å². The van der Waals surface area contributed by atoms with E-state index in [0.717, 1.165) is 18.6 Å². The zero-order valence-corrected chi connectivity index (χ0v) is 13.4. The quantitative estimate of drug-likeness (QED) is 0.872. The molecule has 0 radical (unpaired) electrons. The van der Waals surface area contributed by atoms with Gasteiger partial charge in [-0.1, -0.05) is 19.3 Å². The molecular formula is C16H22N2O2S. The fraction of sp³-hybridized carbons (Fsp3) is 0.500. The molecule has 1 saturated carbocycles. The Balaban J connectivity index is 1.95. The first-order valence-electron chi connectivity index (χ1n) is 7.34. The van der Waals surface area contributed by atoms with E-state index in [1.54, 1.807) is 38.4 Å². The van der Waals surface area contributed by atoms with E-state index in [1.807, 2.05) is 0 Å². The maximum absolute atomic E-state index is 12.4. The molecule has 5 heteroatoms. The Morgan fingerprint density at radius 1 is 1.24 bits per heavy atom. The highest BCUT2D eigenvalue weighted by Gasteiger charge is 2.19. The second-order valence-electron chi connectivity index (χ2n) is 5.38. The van der Waals surface area contributed by atoms with Crippen LogP contribution in [0.5, 0.6) is 5.75 Å². The SMILES string of the molecule is COc1ccc(C(=O)N(C)C(=S)NC2CCCCC2)cc1. The lowest BCUT2D eigenvalue weighted by Crippen LogP contribution is -2.46. The Hall–Kier alpha value is -1.62. The molecule has 1 aliphatic carbocycles. The number of thiocarbonyl (C=S) groups is 1. The molecule has 0 bridgehead atoms. The number of hydrogen-bond donors (Lipinski definition) is 1. The summed E-state index contributed by atoms with van der Waals surface area (Å²) in [6, 6.07) is 7.46. The zero-order valence-electron chi connectivity index (χ0n) is 12.6. The normalized spacial score (nSPS) is 15.3. The topological polar surface area (TPSA) is 41.6 Å². The van der Waals surface area contributed by atoms with Crippen LogP contribution in [0, 0.1) is 0 Å². The number of benzene rings is 1. The van der Waals surface area contributed by atoms with Gasteiger partial charge in [-0.15, -0.1) is 0 Å². The first kappa shape index (κ1) is 15.8. The minimum Gasteiger partial charge on any atom is -0.497 e. The van der Waals surface area contributed by atoms with Crippen molar-refractivity contribution >= 4 is 23.2 Å². The fourth-order valence-corrected chi connectivity index (χ4v) is 2.79. The molecule has 1 fully saturated rings. The van der Waals surface area contributed by atoms with Crippen LogP contribution in [0.25, 0.3) is 0 Å². The van der Waals surface area contributed by atoms with Crippen LogP contribution < -0.4 is 10.1 Å². The molecular weight excluding hydrogens is 284 g/mol. The van der Waals surface area contributed by atoms with Gasteiger partial charge in [0.15, 0.2) is 5.11 Å². The molecule has 2 rings (SSSR count). The van der Waals surface area contributed by atoms with Gasteiger partial charge < -0.3 is 10.1 Å². The highest BCUT2D eigenvalue weighted by Crippen LogP contribution is 2.18. The molecule has 0 saturated heterocycles. The van der Waals surface area contributed by atoms with E-state index < -0.39 is 0 Å². The molecule has 4 nitrogen and oxygen atoms in total. The van der Waals surface area contributed by atoms with Crippen molar-refractivity contribution in [3.8, 4) is 5.75 Å². The van der Waals surface area contributed by atoms with Gasteiger partial charge in [0.2, 0.25) is 0 Å². The summed E-state index contributed by atoms with van der Waals surface area (Å²) in [4.78, 5) is 13.9. The number of methoxy groups -OCH3 is 1. The van der Waals surface area contributed by atoms with Crippen LogP contribution in [-0.4, -0.2) is 36.1 Å². The first-order chi connectivity index (χ1) is 10.1. The summed E-state index contributed by atoms with van der Waals surface area (Å²) in [7, 11) is 3.32. The largest absolute Gasteiger partial charge is 0.497 e. The molecule has 1 aromatic carbocycles. The molecule has 0 unspecified atom stereocenters. The molecule has 0 aromatic heterocycles. The van der Waals surface area contributed by atoms with Crippen LogP contribution in [0.4, 0.5) is 0 Å². The standard InChI is InChI=1S/C16H22N2O2S/c1-18(16(21)17-13-6-4-3-5-7-13)15(19)12-8-10-14(20-2)11-9-12/h8-11,13H,3-7H2,1-2H3,(H,17,21). The first-order valence-corrected chi connectivity index (χ1v) is 7.75. The molecule has 0 aliphatic heterocycles. The second kappa shape index (κ2) is 7.41. The summed E-state index contributed by atoms with van der Waals surface area (Å²) in [6.07, 6.45) is 6.02. The third-order valence-corrected chi connectivity index (χ3v) is 4.27. The van der Waals surface area contributed by atoms with Crippen LogP contribution in [0.2, 0.25) is 0 Å². The van der Waals surface area contributed by atoms with Gasteiger partial charge in [0.05, 0.1) is 7.11 Å². The number of nitrogens with one attached hydrogen (secondary N) is 1. The van der Waals surface area contributed by atoms with Crippen molar-refractivity contribution in [2.45, 2.75) is 38.1 Å². The summed E-state index contributed by atoms with van der Waals surface area (Å²) >= 11 is 5.35. The van der Waals surface area contributed by atoms with Gasteiger partial charge in [0.25, 0.3) is 5.91 Å². The number of ether oxygens (including phenoxy) is 1. The smallest absolute Gasteiger partial charge is 0.259 e. The predicted molar refractivity (Wildman–Crippen MR) is 87.7 cm³/mol. The lowest BCUT2D eigenvalue weighted by atomic mass is 9.96. The van der Waals surface area contributed by atoms with Crippen molar-refractivity contribution in [3.63, 3.8) is 0 Å². The van der Waals surface area contributed by atoms with Gasteiger partial charge in [-0.05, 0) is 49.3 Å². The molecule has 21 heavy (non-hydrogen) atoms. The summed E-state index contributed by atoms with van der Waals surface area (Å²) in [5.41, 5.74) is 0.603. The molecule has 0 heterocycles. The third kappa shape index (κ3) is 4.17. The van der Waals surface area contributed by atoms with E-state index in [-0.39, 0.29) is 5.91 Å². The molecule has 1 aromatic rings. The second-order valence-corrected chi connectivity index (χ2v) is 5.76. The van der Waals surface area contributed by atoms with Gasteiger partial charge in [-0.25, -0.2) is 0 Å². The van der Waals surface area contributed by atoms with Crippen LogP contribution in [0.15, 0.2) is 24.3 Å². The summed E-state index contributed by atoms with van der Waals surface area (Å²) in [6.45, 7) is 0. The van der Waals surface area contributed by atoms with Crippen molar-refractivity contribution in [1.82, 2.24) is 10.2 Å². The highest BCUT2D eigenvalue weighted by molar-refractivity contribution is 7.80. The third-order valence-electron chi connectivity index (χ3n) is 3.88. The Morgan fingerprint density at radius 2 is 1.86 bits per heavy atom. The van der Waals surface area contributed by atoms with Crippen molar-refractivity contribution < 1.29 is 9.53 Å². The van der Waals surface area contributed by atoms with Crippen LogP contribution in [0.1, 0.15) is 42.5 Å². The number of nitrogens with zero attached hydrogens (tertiary/aromatic N) is 1. The van der Waals surface area contributed by atoms with Crippen LogP contribution in [-0.2, 0) is 0 Å². The molecule has 1 aliphatic rings. The summed E-state index contributed by atoms with van der Waals surface area (Å²) in [5, 5.41) is 3.81. The number of hydrogen-bond acceptors (Lipinski definition) is 3. The van der Waals surface area contributed by atoms with Gasteiger partial charge >= 0.3 is 0 Å². The van der Waals surface area contributed by atoms with Gasteiger partial charge in [0.1, 0.15) is 5.75 Å². The van der Waals surface area contributed by atoms with Crippen LogP contribution >= 0.6 is 12.2 Å². The molecule has 1 amide bonds. The lowest BCUT2D eigenvalue weighted by molar-refractivity contribution is 0.0868. The van der Waals surface area contributed by atoms with Crippen LogP contribution in [0.3, 0.4) is 0 Å². The van der Waals surface area contributed by atoms with Gasteiger partial charge in [-0.2, -0.15) is 0 Å².